The van der Waals surface area contributed by atoms with Crippen molar-refractivity contribution in [2.75, 3.05) is 0 Å². The topological polar surface area (TPSA) is 64.2 Å². The second-order valence-electron chi connectivity index (χ2n) is 7.74. The van der Waals surface area contributed by atoms with Gasteiger partial charge in [0.25, 0.3) is 0 Å². The van der Waals surface area contributed by atoms with Gasteiger partial charge in [-0.15, -0.1) is 0 Å². The molecule has 2 aromatic rings. The Bertz CT molecular complexity index is 826. The number of aliphatic hydroxyl groups is 1. The summed E-state index contributed by atoms with van der Waals surface area (Å²) in [4.78, 5) is 0. The highest BCUT2D eigenvalue weighted by Crippen LogP contribution is 2.54. The molecule has 0 saturated heterocycles. The standard InChI is InChI=1S/C22H23NO2/c23-15-21(25)10-11-22(13-16-4-2-1-3-5-16)18(14-21)7-6-17-12-19(24)8-9-20(17)22/h1-5,8-9,12,18,24-25H,6-7,10-11,13-14H2/t18-,21+,22+/m0/s1. The van der Waals surface area contributed by atoms with Gasteiger partial charge in [-0.05, 0) is 73.3 Å². The van der Waals surface area contributed by atoms with E-state index in [0.717, 1.165) is 25.7 Å². The summed E-state index contributed by atoms with van der Waals surface area (Å²) < 4.78 is 0. The molecule has 1 fully saturated rings. The number of nitrogens with zero attached hydrogens (tertiary/aromatic N) is 1. The maximum absolute atomic E-state index is 10.6. The maximum Gasteiger partial charge on any atom is 0.151 e. The third-order valence-electron chi connectivity index (χ3n) is 6.31. The molecular weight excluding hydrogens is 310 g/mol. The lowest BCUT2D eigenvalue weighted by molar-refractivity contribution is -0.00947. The first-order chi connectivity index (χ1) is 12.0. The van der Waals surface area contributed by atoms with Gasteiger partial charge in [0.1, 0.15) is 5.75 Å². The molecule has 25 heavy (non-hydrogen) atoms. The highest BCUT2D eigenvalue weighted by molar-refractivity contribution is 5.44. The minimum Gasteiger partial charge on any atom is -0.508 e. The van der Waals surface area contributed by atoms with Crippen LogP contribution in [-0.4, -0.2) is 15.8 Å². The summed E-state index contributed by atoms with van der Waals surface area (Å²) in [7, 11) is 0. The minimum absolute atomic E-state index is 0.0638. The number of aryl methyl sites for hydroxylation is 1. The van der Waals surface area contributed by atoms with Crippen molar-refractivity contribution in [2.45, 2.75) is 49.5 Å². The second-order valence-corrected chi connectivity index (χ2v) is 7.74. The van der Waals surface area contributed by atoms with Crippen molar-refractivity contribution in [3.05, 3.63) is 65.2 Å². The molecule has 1 saturated carbocycles. The number of aromatic hydroxyl groups is 1. The van der Waals surface area contributed by atoms with Crippen molar-refractivity contribution < 1.29 is 10.2 Å². The molecule has 2 aliphatic rings. The smallest absolute Gasteiger partial charge is 0.151 e. The number of rotatable bonds is 2. The Labute approximate surface area is 148 Å². The van der Waals surface area contributed by atoms with Crippen LogP contribution in [0.5, 0.6) is 5.75 Å². The van der Waals surface area contributed by atoms with Crippen molar-refractivity contribution in [1.82, 2.24) is 0 Å². The highest BCUT2D eigenvalue weighted by Gasteiger charge is 2.51. The Morgan fingerprint density at radius 3 is 2.68 bits per heavy atom. The molecule has 128 valence electrons. The molecule has 0 spiro atoms. The molecule has 0 unspecified atom stereocenters. The van der Waals surface area contributed by atoms with Gasteiger partial charge in [-0.2, -0.15) is 5.26 Å². The van der Waals surface area contributed by atoms with Crippen LogP contribution in [0.15, 0.2) is 48.5 Å². The summed E-state index contributed by atoms with van der Waals surface area (Å²) in [5, 5.41) is 29.9. The van der Waals surface area contributed by atoms with Gasteiger partial charge < -0.3 is 10.2 Å². The number of phenols is 1. The molecule has 3 heteroatoms. The normalized spacial score (nSPS) is 30.8. The van der Waals surface area contributed by atoms with E-state index in [-0.39, 0.29) is 11.3 Å². The summed E-state index contributed by atoms with van der Waals surface area (Å²) in [6.45, 7) is 0. The Morgan fingerprint density at radius 1 is 1.12 bits per heavy atom. The molecule has 3 atom stereocenters. The zero-order chi connectivity index (χ0) is 17.5. The summed E-state index contributed by atoms with van der Waals surface area (Å²) in [6, 6.07) is 18.4. The fraction of sp³-hybridized carbons (Fsp3) is 0.409. The molecule has 2 aliphatic carbocycles. The van der Waals surface area contributed by atoms with Crippen LogP contribution in [0.3, 0.4) is 0 Å². The van der Waals surface area contributed by atoms with Gasteiger partial charge in [-0.3, -0.25) is 0 Å². The number of fused-ring (bicyclic) bond motifs is 3. The van der Waals surface area contributed by atoms with Crippen LogP contribution >= 0.6 is 0 Å². The Balaban J connectivity index is 1.81. The molecule has 3 nitrogen and oxygen atoms in total. The van der Waals surface area contributed by atoms with Gasteiger partial charge >= 0.3 is 0 Å². The van der Waals surface area contributed by atoms with Gasteiger partial charge in [-0.25, -0.2) is 0 Å². The van der Waals surface area contributed by atoms with Crippen LogP contribution in [-0.2, 0) is 18.3 Å². The number of benzene rings is 2. The van der Waals surface area contributed by atoms with E-state index in [9.17, 15) is 15.5 Å². The maximum atomic E-state index is 10.6. The molecule has 2 N–H and O–H groups in total. The van der Waals surface area contributed by atoms with E-state index < -0.39 is 5.60 Å². The third-order valence-corrected chi connectivity index (χ3v) is 6.31. The van der Waals surface area contributed by atoms with Crippen molar-refractivity contribution in [2.24, 2.45) is 5.92 Å². The van der Waals surface area contributed by atoms with E-state index in [0.29, 0.717) is 18.6 Å². The molecule has 0 amide bonds. The van der Waals surface area contributed by atoms with Gasteiger partial charge in [0.2, 0.25) is 0 Å². The first kappa shape index (κ1) is 16.2. The first-order valence-electron chi connectivity index (χ1n) is 9.05. The Morgan fingerprint density at radius 2 is 1.92 bits per heavy atom. The molecule has 0 heterocycles. The van der Waals surface area contributed by atoms with Gasteiger partial charge in [0.15, 0.2) is 5.60 Å². The fourth-order valence-corrected chi connectivity index (χ4v) is 5.06. The van der Waals surface area contributed by atoms with E-state index in [1.807, 2.05) is 12.1 Å². The molecule has 0 radical (unpaired) electrons. The van der Waals surface area contributed by atoms with E-state index in [1.165, 1.54) is 16.7 Å². The van der Waals surface area contributed by atoms with Crippen LogP contribution in [0.1, 0.15) is 42.4 Å². The van der Waals surface area contributed by atoms with Crippen LogP contribution in [0.2, 0.25) is 0 Å². The number of hydrogen-bond donors (Lipinski definition) is 2. The number of nitriles is 1. The van der Waals surface area contributed by atoms with Gasteiger partial charge in [0.05, 0.1) is 6.07 Å². The second kappa shape index (κ2) is 5.89. The van der Waals surface area contributed by atoms with Gasteiger partial charge in [-0.1, -0.05) is 36.4 Å². The fourth-order valence-electron chi connectivity index (χ4n) is 5.06. The SMILES string of the molecule is N#C[C@@]1(O)CC[C@]2(Cc3ccccc3)c3ccc(O)cc3CC[C@H]2C1. The van der Waals surface area contributed by atoms with E-state index in [2.05, 4.69) is 36.4 Å². The Hall–Kier alpha value is -2.31. The van der Waals surface area contributed by atoms with Crippen LogP contribution in [0, 0.1) is 17.2 Å². The number of hydrogen-bond acceptors (Lipinski definition) is 3. The van der Waals surface area contributed by atoms with Crippen LogP contribution < -0.4 is 0 Å². The predicted molar refractivity (Wildman–Crippen MR) is 96.2 cm³/mol. The molecule has 4 rings (SSSR count). The van der Waals surface area contributed by atoms with Crippen molar-refractivity contribution in [3.8, 4) is 11.8 Å². The zero-order valence-corrected chi connectivity index (χ0v) is 14.3. The lowest BCUT2D eigenvalue weighted by atomic mass is 9.53. The van der Waals surface area contributed by atoms with Crippen molar-refractivity contribution in [1.29, 1.82) is 5.26 Å². The quantitative estimate of drug-likeness (QED) is 0.820. The lowest BCUT2D eigenvalue weighted by Crippen LogP contribution is -2.50. The molecule has 0 aliphatic heterocycles. The molecule has 0 aromatic heterocycles. The van der Waals surface area contributed by atoms with E-state index >= 15 is 0 Å². The monoisotopic (exact) mass is 333 g/mol. The summed E-state index contributed by atoms with van der Waals surface area (Å²) in [5.41, 5.74) is 2.54. The molecular formula is C22H23NO2. The van der Waals surface area contributed by atoms with Crippen LogP contribution in [0.25, 0.3) is 0 Å². The predicted octanol–water partition coefficient (Wildman–Crippen LogP) is 3.87. The summed E-state index contributed by atoms with van der Waals surface area (Å²) >= 11 is 0. The van der Waals surface area contributed by atoms with Gasteiger partial charge in [0, 0.05) is 5.41 Å². The molecule has 2 aromatic carbocycles. The van der Waals surface area contributed by atoms with Crippen LogP contribution in [0.4, 0.5) is 0 Å². The average molecular weight is 333 g/mol. The molecule has 0 bridgehead atoms. The minimum atomic E-state index is -1.20. The zero-order valence-electron chi connectivity index (χ0n) is 14.3. The Kier molecular flexibility index (Phi) is 3.81. The highest BCUT2D eigenvalue weighted by atomic mass is 16.3. The largest absolute Gasteiger partial charge is 0.508 e. The van der Waals surface area contributed by atoms with Crippen molar-refractivity contribution in [3.63, 3.8) is 0 Å². The first-order valence-corrected chi connectivity index (χ1v) is 9.05. The summed E-state index contributed by atoms with van der Waals surface area (Å²) in [5.74, 6) is 0.597. The van der Waals surface area contributed by atoms with E-state index in [1.54, 1.807) is 6.07 Å². The lowest BCUT2D eigenvalue weighted by Gasteiger charge is -2.52. The summed E-state index contributed by atoms with van der Waals surface area (Å²) in [6.07, 6.45) is 4.61. The number of phenolic OH excluding ortho intramolecular Hbond substituents is 1. The average Bonchev–Trinajstić information content (AvgIpc) is 2.63. The third kappa shape index (κ3) is 2.71. The van der Waals surface area contributed by atoms with E-state index in [4.69, 9.17) is 0 Å². The van der Waals surface area contributed by atoms with Crippen molar-refractivity contribution >= 4 is 0 Å².